The van der Waals surface area contributed by atoms with Gasteiger partial charge < -0.3 is 19.4 Å². The van der Waals surface area contributed by atoms with Crippen molar-refractivity contribution in [3.05, 3.63) is 74.9 Å². The molecule has 3 rings (SSSR count). The van der Waals surface area contributed by atoms with Crippen LogP contribution in [0.15, 0.2) is 47.4 Å². The van der Waals surface area contributed by atoms with Gasteiger partial charge in [0.15, 0.2) is 0 Å². The van der Waals surface area contributed by atoms with Crippen molar-refractivity contribution in [1.29, 1.82) is 0 Å². The van der Waals surface area contributed by atoms with E-state index in [0.29, 0.717) is 17.3 Å². The summed E-state index contributed by atoms with van der Waals surface area (Å²) in [5.74, 6) is 0.603. The predicted octanol–water partition coefficient (Wildman–Crippen LogP) is 4.41. The third-order valence-corrected chi connectivity index (χ3v) is 4.62. The van der Waals surface area contributed by atoms with Crippen molar-refractivity contribution in [2.24, 2.45) is 0 Å². The first-order valence-electron chi connectivity index (χ1n) is 8.98. The Morgan fingerprint density at radius 1 is 1.17 bits per heavy atom. The molecule has 6 nitrogen and oxygen atoms in total. The second kappa shape index (κ2) is 8.96. The van der Waals surface area contributed by atoms with Crippen LogP contribution in [-0.2, 0) is 13.0 Å². The highest BCUT2D eigenvalue weighted by atomic mass is 35.5. The van der Waals surface area contributed by atoms with Gasteiger partial charge in [0.05, 0.1) is 27.0 Å². The first-order chi connectivity index (χ1) is 13.9. The molecule has 1 N–H and O–H groups in total. The van der Waals surface area contributed by atoms with Gasteiger partial charge in [-0.1, -0.05) is 24.6 Å². The van der Waals surface area contributed by atoms with Crippen LogP contribution in [0.25, 0.3) is 0 Å². The molecule has 0 fully saturated rings. The molecule has 0 atom stereocenters. The standard InChI is InChI=1S/C21H21ClFN3O3/c1-4-14-5-6-17(28-2)10-18(14)24-21-25-20(27)19(29-3)12-26(21)11-13-7-15(22)9-16(23)8-13/h5-10,12H,4,11H2,1-3H3,(H,24,25,27). The molecule has 0 aliphatic heterocycles. The molecule has 0 saturated carbocycles. The van der Waals surface area contributed by atoms with Gasteiger partial charge in [-0.3, -0.25) is 4.79 Å². The minimum atomic E-state index is -0.510. The Morgan fingerprint density at radius 3 is 2.62 bits per heavy atom. The van der Waals surface area contributed by atoms with Crippen LogP contribution >= 0.6 is 11.6 Å². The van der Waals surface area contributed by atoms with E-state index in [9.17, 15) is 9.18 Å². The number of anilines is 2. The average molecular weight is 418 g/mol. The van der Waals surface area contributed by atoms with Crippen molar-refractivity contribution >= 4 is 23.2 Å². The fourth-order valence-corrected chi connectivity index (χ4v) is 3.20. The molecule has 0 spiro atoms. The Labute approximate surface area is 172 Å². The summed E-state index contributed by atoms with van der Waals surface area (Å²) < 4.78 is 25.8. The third-order valence-electron chi connectivity index (χ3n) is 4.40. The Morgan fingerprint density at radius 2 is 1.97 bits per heavy atom. The van der Waals surface area contributed by atoms with Crippen LogP contribution in [0.2, 0.25) is 5.02 Å². The molecular formula is C21H21ClFN3O3. The maximum Gasteiger partial charge on any atom is 0.316 e. The van der Waals surface area contributed by atoms with Crippen LogP contribution in [0.1, 0.15) is 18.1 Å². The second-order valence-corrected chi connectivity index (χ2v) is 6.78. The molecule has 0 radical (unpaired) electrons. The van der Waals surface area contributed by atoms with Gasteiger partial charge in [-0.25, -0.2) is 4.39 Å². The second-order valence-electron chi connectivity index (χ2n) is 6.35. The van der Waals surface area contributed by atoms with E-state index in [-0.39, 0.29) is 17.3 Å². The molecule has 2 aromatic carbocycles. The summed E-state index contributed by atoms with van der Waals surface area (Å²) in [4.78, 5) is 16.4. The summed E-state index contributed by atoms with van der Waals surface area (Å²) in [5, 5.41) is 3.49. The number of nitrogens with zero attached hydrogens (tertiary/aromatic N) is 2. The van der Waals surface area contributed by atoms with Crippen molar-refractivity contribution in [3.8, 4) is 11.5 Å². The summed E-state index contributed by atoms with van der Waals surface area (Å²) in [5.41, 5.74) is 1.89. The van der Waals surface area contributed by atoms with E-state index in [1.165, 1.54) is 25.4 Å². The topological polar surface area (TPSA) is 65.4 Å². The van der Waals surface area contributed by atoms with Gasteiger partial charge in [0, 0.05) is 16.8 Å². The number of aryl methyl sites for hydroxylation is 1. The highest BCUT2D eigenvalue weighted by Gasteiger charge is 2.13. The maximum absolute atomic E-state index is 13.8. The molecule has 29 heavy (non-hydrogen) atoms. The van der Waals surface area contributed by atoms with E-state index in [4.69, 9.17) is 21.1 Å². The van der Waals surface area contributed by atoms with Crippen molar-refractivity contribution in [2.45, 2.75) is 19.9 Å². The van der Waals surface area contributed by atoms with Crippen LogP contribution in [0.5, 0.6) is 11.5 Å². The lowest BCUT2D eigenvalue weighted by molar-refractivity contribution is 0.402. The first-order valence-corrected chi connectivity index (χ1v) is 9.35. The van der Waals surface area contributed by atoms with Crippen LogP contribution < -0.4 is 20.3 Å². The largest absolute Gasteiger partial charge is 0.497 e. The normalized spacial score (nSPS) is 10.7. The zero-order chi connectivity index (χ0) is 21.0. The lowest BCUT2D eigenvalue weighted by Gasteiger charge is -2.17. The number of halogens is 2. The van der Waals surface area contributed by atoms with E-state index in [0.717, 1.165) is 17.7 Å². The Hall–Kier alpha value is -3.06. The zero-order valence-corrected chi connectivity index (χ0v) is 17.1. The summed E-state index contributed by atoms with van der Waals surface area (Å²) in [6.45, 7) is 2.26. The van der Waals surface area contributed by atoms with Crippen LogP contribution in [-0.4, -0.2) is 23.8 Å². The fourth-order valence-electron chi connectivity index (χ4n) is 2.96. The molecule has 0 bridgehead atoms. The zero-order valence-electron chi connectivity index (χ0n) is 16.3. The Balaban J connectivity index is 2.06. The van der Waals surface area contributed by atoms with Crippen LogP contribution in [0.4, 0.5) is 16.0 Å². The fraction of sp³-hybridized carbons (Fsp3) is 0.238. The number of hydrogen-bond donors (Lipinski definition) is 1. The van der Waals surface area contributed by atoms with Gasteiger partial charge in [-0.05, 0) is 41.8 Å². The van der Waals surface area contributed by atoms with Crippen LogP contribution in [0.3, 0.4) is 0 Å². The average Bonchev–Trinajstić information content (AvgIpc) is 2.69. The number of methoxy groups -OCH3 is 2. The SMILES string of the molecule is CCc1ccc(OC)cc1Nc1nc(=O)c(OC)cn1Cc1cc(F)cc(Cl)c1. The number of hydrogen-bond acceptors (Lipinski definition) is 5. The minimum absolute atomic E-state index is 0.0828. The van der Waals surface area contributed by atoms with Crippen molar-refractivity contribution in [2.75, 3.05) is 19.5 Å². The lowest BCUT2D eigenvalue weighted by Crippen LogP contribution is -2.19. The molecule has 3 aromatic rings. The summed E-state index contributed by atoms with van der Waals surface area (Å²) in [7, 11) is 2.98. The molecule has 1 heterocycles. The smallest absolute Gasteiger partial charge is 0.316 e. The quantitative estimate of drug-likeness (QED) is 0.617. The Kier molecular flexibility index (Phi) is 6.39. The number of benzene rings is 2. The third kappa shape index (κ3) is 4.86. The predicted molar refractivity (Wildman–Crippen MR) is 111 cm³/mol. The molecule has 0 aliphatic carbocycles. The van der Waals surface area contributed by atoms with Gasteiger partial charge in [-0.2, -0.15) is 4.98 Å². The van der Waals surface area contributed by atoms with Gasteiger partial charge in [-0.15, -0.1) is 0 Å². The van der Waals surface area contributed by atoms with E-state index >= 15 is 0 Å². The van der Waals surface area contributed by atoms with Crippen molar-refractivity contribution < 1.29 is 13.9 Å². The molecule has 0 unspecified atom stereocenters. The van der Waals surface area contributed by atoms with E-state index in [1.807, 2.05) is 25.1 Å². The Bertz CT molecular complexity index is 1070. The maximum atomic E-state index is 13.8. The highest BCUT2D eigenvalue weighted by molar-refractivity contribution is 6.30. The van der Waals surface area contributed by atoms with Gasteiger partial charge in [0.2, 0.25) is 11.7 Å². The molecule has 152 valence electrons. The molecule has 0 aliphatic rings. The van der Waals surface area contributed by atoms with Gasteiger partial charge in [0.1, 0.15) is 11.6 Å². The van der Waals surface area contributed by atoms with Gasteiger partial charge >= 0.3 is 5.56 Å². The summed E-state index contributed by atoms with van der Waals surface area (Å²) in [6.07, 6.45) is 2.30. The van der Waals surface area contributed by atoms with E-state index in [2.05, 4.69) is 10.3 Å². The van der Waals surface area contributed by atoms with Crippen LogP contribution in [0, 0.1) is 5.82 Å². The first kappa shape index (κ1) is 20.7. The molecule has 0 amide bonds. The van der Waals surface area contributed by atoms with E-state index in [1.54, 1.807) is 17.7 Å². The summed E-state index contributed by atoms with van der Waals surface area (Å²) in [6, 6.07) is 9.91. The van der Waals surface area contributed by atoms with Crippen molar-refractivity contribution in [1.82, 2.24) is 9.55 Å². The number of rotatable bonds is 7. The summed E-state index contributed by atoms with van der Waals surface area (Å²) >= 11 is 5.97. The molecular weight excluding hydrogens is 397 g/mol. The van der Waals surface area contributed by atoms with E-state index < -0.39 is 11.4 Å². The monoisotopic (exact) mass is 417 g/mol. The minimum Gasteiger partial charge on any atom is -0.497 e. The molecule has 8 heteroatoms. The lowest BCUT2D eigenvalue weighted by atomic mass is 10.1. The highest BCUT2D eigenvalue weighted by Crippen LogP contribution is 2.26. The number of ether oxygens (including phenoxy) is 2. The molecule has 1 aromatic heterocycles. The van der Waals surface area contributed by atoms with Gasteiger partial charge in [0.25, 0.3) is 0 Å². The van der Waals surface area contributed by atoms with Crippen molar-refractivity contribution in [3.63, 3.8) is 0 Å². The number of aromatic nitrogens is 2. The molecule has 0 saturated heterocycles. The number of nitrogens with one attached hydrogen (secondary N) is 1.